The van der Waals surface area contributed by atoms with Crippen molar-refractivity contribution in [2.75, 3.05) is 39.8 Å². The van der Waals surface area contributed by atoms with Gasteiger partial charge in [0.05, 0.1) is 0 Å². The molecule has 0 aromatic rings. The van der Waals surface area contributed by atoms with Crippen molar-refractivity contribution in [1.29, 1.82) is 0 Å². The first-order valence-corrected chi connectivity index (χ1v) is 10.4. The molecule has 4 nitrogen and oxygen atoms in total. The van der Waals surface area contributed by atoms with Crippen LogP contribution in [-0.4, -0.2) is 61.5 Å². The molecule has 1 aliphatic carbocycles. The monoisotopic (exact) mass is 335 g/mol. The molecular weight excluding hydrogens is 298 g/mol. The van der Waals surface area contributed by atoms with Gasteiger partial charge in [-0.05, 0) is 77.0 Å². The summed E-state index contributed by atoms with van der Waals surface area (Å²) in [6.45, 7) is 5.88. The summed E-state index contributed by atoms with van der Waals surface area (Å²) < 4.78 is 0. The second kappa shape index (κ2) is 9.19. The third-order valence-corrected chi connectivity index (χ3v) is 6.42. The summed E-state index contributed by atoms with van der Waals surface area (Å²) >= 11 is 0. The maximum absolute atomic E-state index is 12.4. The second-order valence-corrected chi connectivity index (χ2v) is 8.62. The lowest BCUT2D eigenvalue weighted by molar-refractivity contribution is -0.123. The zero-order valence-electron chi connectivity index (χ0n) is 15.6. The number of hydrogen-bond acceptors (Lipinski definition) is 3. The molecule has 0 spiro atoms. The third kappa shape index (κ3) is 5.73. The molecule has 0 radical (unpaired) electrons. The zero-order chi connectivity index (χ0) is 16.8. The first kappa shape index (κ1) is 18.2. The van der Waals surface area contributed by atoms with Crippen LogP contribution < -0.4 is 5.32 Å². The minimum atomic E-state index is 0.300. The minimum absolute atomic E-state index is 0.300. The Balaban J connectivity index is 1.37. The maximum Gasteiger partial charge on any atom is 0.220 e. The molecule has 138 valence electrons. The van der Waals surface area contributed by atoms with Gasteiger partial charge in [-0.1, -0.05) is 19.3 Å². The Morgan fingerprint density at radius 3 is 2.42 bits per heavy atom. The molecule has 3 aliphatic rings. The minimum Gasteiger partial charge on any atom is -0.352 e. The summed E-state index contributed by atoms with van der Waals surface area (Å²) in [5.41, 5.74) is 0. The van der Waals surface area contributed by atoms with Crippen molar-refractivity contribution < 1.29 is 4.79 Å². The van der Waals surface area contributed by atoms with Crippen LogP contribution in [0.15, 0.2) is 0 Å². The van der Waals surface area contributed by atoms with Crippen LogP contribution in [0.5, 0.6) is 0 Å². The van der Waals surface area contributed by atoms with Crippen molar-refractivity contribution in [3.63, 3.8) is 0 Å². The van der Waals surface area contributed by atoms with E-state index in [9.17, 15) is 4.79 Å². The fourth-order valence-electron chi connectivity index (χ4n) is 4.89. The van der Waals surface area contributed by atoms with E-state index >= 15 is 0 Å². The van der Waals surface area contributed by atoms with Crippen LogP contribution in [0.4, 0.5) is 0 Å². The normalized spacial score (nSPS) is 28.8. The topological polar surface area (TPSA) is 35.6 Å². The fraction of sp³-hybridized carbons (Fsp3) is 0.950. The molecule has 1 amide bonds. The van der Waals surface area contributed by atoms with Gasteiger partial charge in [-0.15, -0.1) is 0 Å². The maximum atomic E-state index is 12.4. The molecule has 1 saturated carbocycles. The van der Waals surface area contributed by atoms with Crippen LogP contribution in [0.3, 0.4) is 0 Å². The van der Waals surface area contributed by atoms with Crippen molar-refractivity contribution in [3.05, 3.63) is 0 Å². The van der Waals surface area contributed by atoms with Crippen LogP contribution in [0.1, 0.15) is 64.2 Å². The molecule has 0 aromatic carbocycles. The largest absolute Gasteiger partial charge is 0.352 e. The van der Waals surface area contributed by atoms with Crippen molar-refractivity contribution in [3.8, 4) is 0 Å². The van der Waals surface area contributed by atoms with Gasteiger partial charge in [0.2, 0.25) is 5.91 Å². The van der Waals surface area contributed by atoms with Gasteiger partial charge in [0.15, 0.2) is 0 Å². The average Bonchev–Trinajstić information content (AvgIpc) is 2.58. The molecule has 24 heavy (non-hydrogen) atoms. The van der Waals surface area contributed by atoms with Gasteiger partial charge in [-0.3, -0.25) is 4.79 Å². The molecule has 0 bridgehead atoms. The van der Waals surface area contributed by atoms with Crippen molar-refractivity contribution in [2.24, 2.45) is 11.8 Å². The number of piperidine rings is 2. The molecule has 0 unspecified atom stereocenters. The summed E-state index contributed by atoms with van der Waals surface area (Å²) in [5, 5.41) is 3.35. The van der Waals surface area contributed by atoms with Crippen LogP contribution in [0.2, 0.25) is 0 Å². The van der Waals surface area contributed by atoms with E-state index in [1.807, 2.05) is 0 Å². The average molecular weight is 336 g/mol. The number of hydrogen-bond donors (Lipinski definition) is 1. The molecule has 4 heteroatoms. The summed E-state index contributed by atoms with van der Waals surface area (Å²) in [5.74, 6) is 1.81. The van der Waals surface area contributed by atoms with Crippen LogP contribution >= 0.6 is 0 Å². The highest BCUT2D eigenvalue weighted by atomic mass is 16.1. The third-order valence-electron chi connectivity index (χ3n) is 6.42. The summed E-state index contributed by atoms with van der Waals surface area (Å²) in [6.07, 6.45) is 12.6. The lowest BCUT2D eigenvalue weighted by Gasteiger charge is -2.36. The zero-order valence-corrected chi connectivity index (χ0v) is 15.6. The molecule has 3 fully saturated rings. The lowest BCUT2D eigenvalue weighted by Crippen LogP contribution is -2.49. The molecule has 2 aliphatic heterocycles. The van der Waals surface area contributed by atoms with E-state index in [-0.39, 0.29) is 0 Å². The van der Waals surface area contributed by atoms with Crippen LogP contribution in [0.25, 0.3) is 0 Å². The molecule has 2 heterocycles. The first-order valence-electron chi connectivity index (χ1n) is 10.4. The van der Waals surface area contributed by atoms with Crippen molar-refractivity contribution in [1.82, 2.24) is 15.1 Å². The van der Waals surface area contributed by atoms with E-state index in [0.29, 0.717) is 17.9 Å². The van der Waals surface area contributed by atoms with E-state index in [0.717, 1.165) is 32.0 Å². The fourth-order valence-corrected chi connectivity index (χ4v) is 4.89. The summed E-state index contributed by atoms with van der Waals surface area (Å²) in [6, 6.07) is 0.390. The number of likely N-dealkylation sites (tertiary alicyclic amines) is 2. The van der Waals surface area contributed by atoms with E-state index in [1.165, 1.54) is 70.9 Å². The first-order chi connectivity index (χ1) is 11.7. The Morgan fingerprint density at radius 2 is 1.67 bits per heavy atom. The SMILES string of the molecule is CN1CCC(CC(=O)N[C@H]2CCCN(CC3CCCCC3)C2)CC1. The molecule has 2 saturated heterocycles. The quantitative estimate of drug-likeness (QED) is 0.839. The Morgan fingerprint density at radius 1 is 0.917 bits per heavy atom. The molecule has 1 N–H and O–H groups in total. The number of nitrogens with one attached hydrogen (secondary N) is 1. The number of amides is 1. The van der Waals surface area contributed by atoms with E-state index < -0.39 is 0 Å². The van der Waals surface area contributed by atoms with Gasteiger partial charge >= 0.3 is 0 Å². The number of rotatable bonds is 5. The smallest absolute Gasteiger partial charge is 0.220 e. The molecule has 1 atom stereocenters. The molecular formula is C20H37N3O. The Kier molecular flexibility index (Phi) is 6.96. The van der Waals surface area contributed by atoms with Gasteiger partial charge in [-0.25, -0.2) is 0 Å². The van der Waals surface area contributed by atoms with Crippen LogP contribution in [0, 0.1) is 11.8 Å². The Hall–Kier alpha value is -0.610. The highest BCUT2D eigenvalue weighted by Gasteiger charge is 2.26. The molecule has 3 rings (SSSR count). The van der Waals surface area contributed by atoms with Crippen molar-refractivity contribution in [2.45, 2.75) is 70.3 Å². The molecule has 0 aromatic heterocycles. The van der Waals surface area contributed by atoms with Crippen LogP contribution in [-0.2, 0) is 4.79 Å². The number of carbonyl (C=O) groups is 1. The number of nitrogens with zero attached hydrogens (tertiary/aromatic N) is 2. The highest BCUT2D eigenvalue weighted by Crippen LogP contribution is 2.25. The van der Waals surface area contributed by atoms with E-state index in [1.54, 1.807) is 0 Å². The Bertz CT molecular complexity index is 386. The predicted octanol–water partition coefficient (Wildman–Crippen LogP) is 2.88. The highest BCUT2D eigenvalue weighted by molar-refractivity contribution is 5.76. The van der Waals surface area contributed by atoms with Gasteiger partial charge in [0, 0.05) is 25.6 Å². The number of carbonyl (C=O) groups excluding carboxylic acids is 1. The van der Waals surface area contributed by atoms with E-state index in [2.05, 4.69) is 22.2 Å². The lowest BCUT2D eigenvalue weighted by atomic mass is 9.88. The van der Waals surface area contributed by atoms with Gasteiger partial charge in [0.1, 0.15) is 0 Å². The summed E-state index contributed by atoms with van der Waals surface area (Å²) in [4.78, 5) is 17.4. The standard InChI is InChI=1S/C20H37N3O/c1-22-12-9-17(10-13-22)14-20(24)21-19-8-5-11-23(16-19)15-18-6-3-2-4-7-18/h17-19H,2-16H2,1H3,(H,21,24)/t19-/m0/s1. The van der Waals surface area contributed by atoms with Gasteiger partial charge in [-0.2, -0.15) is 0 Å². The second-order valence-electron chi connectivity index (χ2n) is 8.62. The van der Waals surface area contributed by atoms with Gasteiger partial charge < -0.3 is 15.1 Å². The predicted molar refractivity (Wildman–Crippen MR) is 99.0 cm³/mol. The summed E-state index contributed by atoms with van der Waals surface area (Å²) in [7, 11) is 2.18. The Labute approximate surface area is 148 Å². The van der Waals surface area contributed by atoms with E-state index in [4.69, 9.17) is 0 Å². The van der Waals surface area contributed by atoms with Crippen molar-refractivity contribution >= 4 is 5.91 Å². The van der Waals surface area contributed by atoms with Gasteiger partial charge in [0.25, 0.3) is 0 Å².